The molecule has 0 spiro atoms. The predicted octanol–water partition coefficient (Wildman–Crippen LogP) is 3.35. The number of aryl methyl sites for hydroxylation is 2. The molecule has 0 aliphatic carbocycles. The third-order valence-electron chi connectivity index (χ3n) is 3.29. The molecule has 1 aromatic heterocycles. The normalized spacial score (nSPS) is 14.9. The van der Waals surface area contributed by atoms with E-state index in [1.165, 1.54) is 31.2 Å². The molecule has 0 fully saturated rings. The molecular formula is C14H27N3. The van der Waals surface area contributed by atoms with Crippen molar-refractivity contribution < 1.29 is 0 Å². The van der Waals surface area contributed by atoms with Crippen molar-refractivity contribution in [1.82, 2.24) is 15.1 Å². The molecule has 98 valence electrons. The summed E-state index contributed by atoms with van der Waals surface area (Å²) in [6.07, 6.45) is 7.34. The molecule has 0 aliphatic heterocycles. The van der Waals surface area contributed by atoms with Crippen molar-refractivity contribution in [2.45, 2.75) is 65.5 Å². The number of nitrogens with zero attached hydrogens (tertiary/aromatic N) is 2. The third kappa shape index (κ3) is 4.50. The van der Waals surface area contributed by atoms with Gasteiger partial charge in [-0.25, -0.2) is 0 Å². The van der Waals surface area contributed by atoms with Crippen LogP contribution in [0, 0.1) is 6.92 Å². The Morgan fingerprint density at radius 3 is 2.59 bits per heavy atom. The fraction of sp³-hybridized carbons (Fsp3) is 0.786. The van der Waals surface area contributed by atoms with E-state index >= 15 is 0 Å². The monoisotopic (exact) mass is 237 g/mol. The first-order valence-corrected chi connectivity index (χ1v) is 6.80. The third-order valence-corrected chi connectivity index (χ3v) is 3.29. The largest absolute Gasteiger partial charge is 0.308 e. The Kier molecular flexibility index (Phi) is 5.69. The molecule has 2 unspecified atom stereocenters. The molecule has 1 heterocycles. The second kappa shape index (κ2) is 6.80. The molecule has 0 aliphatic rings. The molecule has 0 bridgehead atoms. The summed E-state index contributed by atoms with van der Waals surface area (Å²) in [4.78, 5) is 0. The van der Waals surface area contributed by atoms with Gasteiger partial charge in [0.25, 0.3) is 0 Å². The summed E-state index contributed by atoms with van der Waals surface area (Å²) >= 11 is 0. The van der Waals surface area contributed by atoms with E-state index in [-0.39, 0.29) is 0 Å². The van der Waals surface area contributed by atoms with Crippen LogP contribution >= 0.6 is 0 Å². The highest BCUT2D eigenvalue weighted by atomic mass is 15.3. The molecule has 0 saturated carbocycles. The zero-order valence-corrected chi connectivity index (χ0v) is 12.0. The predicted molar refractivity (Wildman–Crippen MR) is 73.1 cm³/mol. The van der Waals surface area contributed by atoms with Crippen molar-refractivity contribution in [2.75, 3.05) is 0 Å². The van der Waals surface area contributed by atoms with Crippen LogP contribution in [0.3, 0.4) is 0 Å². The lowest BCUT2D eigenvalue weighted by atomic mass is 10.1. The minimum atomic E-state index is 0.389. The Labute approximate surface area is 106 Å². The summed E-state index contributed by atoms with van der Waals surface area (Å²) in [5.41, 5.74) is 2.45. The number of unbranched alkanes of at least 4 members (excludes halogenated alkanes) is 2. The molecule has 3 nitrogen and oxygen atoms in total. The maximum atomic E-state index is 4.39. The lowest BCUT2D eigenvalue weighted by Gasteiger charge is -2.19. The average molecular weight is 237 g/mol. The Hall–Kier alpha value is -0.830. The van der Waals surface area contributed by atoms with E-state index in [0.717, 1.165) is 5.69 Å². The minimum absolute atomic E-state index is 0.389. The number of nitrogens with one attached hydrogen (secondary N) is 1. The zero-order valence-electron chi connectivity index (χ0n) is 12.0. The van der Waals surface area contributed by atoms with Gasteiger partial charge in [-0.2, -0.15) is 5.10 Å². The topological polar surface area (TPSA) is 29.9 Å². The number of hydrogen-bond acceptors (Lipinski definition) is 2. The van der Waals surface area contributed by atoms with E-state index in [9.17, 15) is 0 Å². The lowest BCUT2D eigenvalue weighted by Crippen LogP contribution is -2.29. The van der Waals surface area contributed by atoms with Gasteiger partial charge < -0.3 is 5.32 Å². The first-order valence-electron chi connectivity index (χ1n) is 6.80. The fourth-order valence-electron chi connectivity index (χ4n) is 2.34. The van der Waals surface area contributed by atoms with Gasteiger partial charge in [0.1, 0.15) is 0 Å². The second-order valence-corrected chi connectivity index (χ2v) is 5.13. The Balaban J connectivity index is 2.43. The molecule has 17 heavy (non-hydrogen) atoms. The molecular weight excluding hydrogens is 210 g/mol. The highest BCUT2D eigenvalue weighted by Gasteiger charge is 2.13. The highest BCUT2D eigenvalue weighted by molar-refractivity contribution is 5.19. The summed E-state index contributed by atoms with van der Waals surface area (Å²) in [7, 11) is 1.98. The van der Waals surface area contributed by atoms with E-state index in [1.54, 1.807) is 0 Å². The summed E-state index contributed by atoms with van der Waals surface area (Å²) in [6.45, 7) is 8.83. The fourth-order valence-corrected chi connectivity index (χ4v) is 2.34. The van der Waals surface area contributed by atoms with Crippen LogP contribution in [0.1, 0.15) is 63.8 Å². The van der Waals surface area contributed by atoms with Crippen molar-refractivity contribution in [3.63, 3.8) is 0 Å². The van der Waals surface area contributed by atoms with Crippen LogP contribution in [0.5, 0.6) is 0 Å². The SMILES string of the molecule is CCCCCC(C)NC(C)c1cn(C)nc1C. The van der Waals surface area contributed by atoms with Crippen LogP contribution in [0.25, 0.3) is 0 Å². The Bertz CT molecular complexity index is 330. The summed E-state index contributed by atoms with van der Waals surface area (Å²) in [5.74, 6) is 0. The summed E-state index contributed by atoms with van der Waals surface area (Å²) < 4.78 is 1.89. The molecule has 0 amide bonds. The van der Waals surface area contributed by atoms with E-state index in [0.29, 0.717) is 12.1 Å². The molecule has 3 heteroatoms. The first kappa shape index (κ1) is 14.2. The quantitative estimate of drug-likeness (QED) is 0.737. The zero-order chi connectivity index (χ0) is 12.8. The smallest absolute Gasteiger partial charge is 0.0641 e. The van der Waals surface area contributed by atoms with Crippen LogP contribution in [-0.2, 0) is 7.05 Å². The molecule has 0 radical (unpaired) electrons. The molecule has 1 N–H and O–H groups in total. The summed E-state index contributed by atoms with van der Waals surface area (Å²) in [6, 6.07) is 0.969. The second-order valence-electron chi connectivity index (χ2n) is 5.13. The van der Waals surface area contributed by atoms with Gasteiger partial charge in [0.05, 0.1) is 5.69 Å². The van der Waals surface area contributed by atoms with Crippen LogP contribution in [0.4, 0.5) is 0 Å². The molecule has 1 aromatic rings. The summed E-state index contributed by atoms with van der Waals surface area (Å²) in [5, 5.41) is 8.05. The van der Waals surface area contributed by atoms with Crippen LogP contribution in [-0.4, -0.2) is 15.8 Å². The van der Waals surface area contributed by atoms with Gasteiger partial charge in [0.2, 0.25) is 0 Å². The maximum Gasteiger partial charge on any atom is 0.0641 e. The van der Waals surface area contributed by atoms with Gasteiger partial charge in [-0.15, -0.1) is 0 Å². The van der Waals surface area contributed by atoms with Crippen molar-refractivity contribution in [2.24, 2.45) is 7.05 Å². The maximum absolute atomic E-state index is 4.39. The van der Waals surface area contributed by atoms with Gasteiger partial charge in [-0.3, -0.25) is 4.68 Å². The van der Waals surface area contributed by atoms with Crippen LogP contribution in [0.15, 0.2) is 6.20 Å². The van der Waals surface area contributed by atoms with E-state index < -0.39 is 0 Å². The molecule has 0 aromatic carbocycles. The number of aromatic nitrogens is 2. The van der Waals surface area contributed by atoms with E-state index in [1.807, 2.05) is 11.7 Å². The van der Waals surface area contributed by atoms with Crippen molar-refractivity contribution >= 4 is 0 Å². The van der Waals surface area contributed by atoms with Crippen molar-refractivity contribution in [3.05, 3.63) is 17.5 Å². The molecule has 1 rings (SSSR count). The van der Waals surface area contributed by atoms with E-state index in [4.69, 9.17) is 0 Å². The number of hydrogen-bond donors (Lipinski definition) is 1. The first-order chi connectivity index (χ1) is 8.04. The van der Waals surface area contributed by atoms with Gasteiger partial charge in [-0.05, 0) is 27.2 Å². The van der Waals surface area contributed by atoms with Crippen LogP contribution in [0.2, 0.25) is 0 Å². The standard InChI is InChI=1S/C14H27N3/c1-6-7-8-9-11(2)15-12(3)14-10-17(5)16-13(14)4/h10-12,15H,6-9H2,1-5H3. The highest BCUT2D eigenvalue weighted by Crippen LogP contribution is 2.17. The van der Waals surface area contributed by atoms with Gasteiger partial charge in [0.15, 0.2) is 0 Å². The Morgan fingerprint density at radius 2 is 2.06 bits per heavy atom. The van der Waals surface area contributed by atoms with Crippen LogP contribution < -0.4 is 5.32 Å². The van der Waals surface area contributed by atoms with Crippen molar-refractivity contribution in [3.8, 4) is 0 Å². The lowest BCUT2D eigenvalue weighted by molar-refractivity contribution is 0.439. The van der Waals surface area contributed by atoms with Gasteiger partial charge in [-0.1, -0.05) is 26.2 Å². The van der Waals surface area contributed by atoms with Gasteiger partial charge >= 0.3 is 0 Å². The van der Waals surface area contributed by atoms with Gasteiger partial charge in [0, 0.05) is 30.9 Å². The minimum Gasteiger partial charge on any atom is -0.308 e. The average Bonchev–Trinajstić information content (AvgIpc) is 2.58. The van der Waals surface area contributed by atoms with Crippen molar-refractivity contribution in [1.29, 1.82) is 0 Å². The Morgan fingerprint density at radius 1 is 1.35 bits per heavy atom. The van der Waals surface area contributed by atoms with E-state index in [2.05, 4.69) is 44.3 Å². The number of rotatable bonds is 7. The molecule has 0 saturated heterocycles. The molecule has 2 atom stereocenters.